The predicted octanol–water partition coefficient (Wildman–Crippen LogP) is 1.62. The van der Waals surface area contributed by atoms with Crippen molar-refractivity contribution in [3.8, 4) is 0 Å². The van der Waals surface area contributed by atoms with Crippen molar-refractivity contribution in [1.82, 2.24) is 5.32 Å². The predicted molar refractivity (Wildman–Crippen MR) is 50.9 cm³/mol. The van der Waals surface area contributed by atoms with E-state index in [1.54, 1.807) is 7.11 Å². The molecule has 0 heterocycles. The second-order valence-electron chi connectivity index (χ2n) is 2.69. The molecule has 1 aliphatic carbocycles. The highest BCUT2D eigenvalue weighted by molar-refractivity contribution is 5.31. The number of methoxy groups -OCH3 is 1. The highest BCUT2D eigenvalue weighted by atomic mass is 16.5. The van der Waals surface area contributed by atoms with E-state index in [9.17, 15) is 0 Å². The van der Waals surface area contributed by atoms with E-state index in [0.29, 0.717) is 6.61 Å². The molecule has 0 atom stereocenters. The summed E-state index contributed by atoms with van der Waals surface area (Å²) in [5.41, 5.74) is 2.40. The van der Waals surface area contributed by atoms with Gasteiger partial charge in [-0.25, -0.2) is 0 Å². The minimum atomic E-state index is 0.696. The maximum atomic E-state index is 5.04. The van der Waals surface area contributed by atoms with Gasteiger partial charge in [-0.15, -0.1) is 0 Å². The molecule has 0 unspecified atom stereocenters. The lowest BCUT2D eigenvalue weighted by Crippen LogP contribution is -2.02. The lowest BCUT2D eigenvalue weighted by Gasteiger charge is -1.98. The molecule has 0 aromatic heterocycles. The molecule has 1 N–H and O–H groups in total. The number of allylic oxidation sites excluding steroid dienone is 3. The fraction of sp³-hybridized carbons (Fsp3) is 0.400. The quantitative estimate of drug-likeness (QED) is 0.686. The number of ether oxygens (including phenoxy) is 1. The summed E-state index contributed by atoms with van der Waals surface area (Å²) in [7, 11) is 3.64. The maximum Gasteiger partial charge on any atom is 0.0710 e. The van der Waals surface area contributed by atoms with Crippen molar-refractivity contribution >= 4 is 0 Å². The van der Waals surface area contributed by atoms with Crippen LogP contribution in [0.3, 0.4) is 0 Å². The monoisotopic (exact) mass is 165 g/mol. The van der Waals surface area contributed by atoms with E-state index in [1.807, 2.05) is 7.05 Å². The molecular formula is C10H15NO. The molecule has 0 amide bonds. The molecule has 1 rings (SSSR count). The minimum Gasteiger partial charge on any atom is -0.388 e. The molecule has 0 aliphatic heterocycles. The summed E-state index contributed by atoms with van der Waals surface area (Å²) in [4.78, 5) is 0. The van der Waals surface area contributed by atoms with Crippen molar-refractivity contribution in [2.24, 2.45) is 0 Å². The second-order valence-corrected chi connectivity index (χ2v) is 2.69. The molecule has 0 aromatic rings. The van der Waals surface area contributed by atoms with Crippen LogP contribution < -0.4 is 5.32 Å². The second kappa shape index (κ2) is 4.78. The van der Waals surface area contributed by atoms with Gasteiger partial charge in [-0.1, -0.05) is 18.2 Å². The first-order valence-corrected chi connectivity index (χ1v) is 4.11. The summed E-state index contributed by atoms with van der Waals surface area (Å²) < 4.78 is 5.04. The Kier molecular flexibility index (Phi) is 3.61. The van der Waals surface area contributed by atoms with Gasteiger partial charge in [0.25, 0.3) is 0 Å². The van der Waals surface area contributed by atoms with Crippen molar-refractivity contribution in [2.75, 3.05) is 20.8 Å². The van der Waals surface area contributed by atoms with Crippen LogP contribution in [0, 0.1) is 0 Å². The SMILES string of the molecule is CNC1=CCC=C(COC)C=C1. The largest absolute Gasteiger partial charge is 0.388 e. The third-order valence-corrected chi connectivity index (χ3v) is 1.79. The van der Waals surface area contributed by atoms with Crippen molar-refractivity contribution in [3.63, 3.8) is 0 Å². The summed E-state index contributed by atoms with van der Waals surface area (Å²) in [5.74, 6) is 0. The highest BCUT2D eigenvalue weighted by Crippen LogP contribution is 2.08. The van der Waals surface area contributed by atoms with Crippen LogP contribution in [0.1, 0.15) is 6.42 Å². The Balaban J connectivity index is 2.58. The van der Waals surface area contributed by atoms with Crippen LogP contribution in [-0.4, -0.2) is 20.8 Å². The third kappa shape index (κ3) is 2.55. The molecule has 1 aliphatic rings. The zero-order valence-corrected chi connectivity index (χ0v) is 7.63. The van der Waals surface area contributed by atoms with Crippen LogP contribution in [0.15, 0.2) is 35.6 Å². The van der Waals surface area contributed by atoms with Gasteiger partial charge in [0.1, 0.15) is 0 Å². The number of rotatable bonds is 3. The van der Waals surface area contributed by atoms with Crippen LogP contribution in [0.2, 0.25) is 0 Å². The Bertz CT molecular complexity index is 226. The first-order chi connectivity index (χ1) is 5.86. The van der Waals surface area contributed by atoms with Crippen LogP contribution in [0.5, 0.6) is 0 Å². The van der Waals surface area contributed by atoms with Gasteiger partial charge in [0.05, 0.1) is 6.61 Å². The van der Waals surface area contributed by atoms with E-state index in [-0.39, 0.29) is 0 Å². The molecule has 2 nitrogen and oxygen atoms in total. The van der Waals surface area contributed by atoms with Crippen LogP contribution in [-0.2, 0) is 4.74 Å². The van der Waals surface area contributed by atoms with Gasteiger partial charge < -0.3 is 10.1 Å². The van der Waals surface area contributed by atoms with E-state index in [1.165, 1.54) is 5.57 Å². The first-order valence-electron chi connectivity index (χ1n) is 4.11. The molecular weight excluding hydrogens is 150 g/mol. The summed E-state index contributed by atoms with van der Waals surface area (Å²) in [6.07, 6.45) is 9.45. The Morgan fingerprint density at radius 2 is 2.25 bits per heavy atom. The Morgan fingerprint density at radius 3 is 2.92 bits per heavy atom. The molecule has 12 heavy (non-hydrogen) atoms. The molecule has 0 saturated heterocycles. The van der Waals surface area contributed by atoms with Crippen molar-refractivity contribution in [3.05, 3.63) is 35.6 Å². The van der Waals surface area contributed by atoms with Crippen LogP contribution >= 0.6 is 0 Å². The zero-order valence-electron chi connectivity index (χ0n) is 7.63. The lowest BCUT2D eigenvalue weighted by molar-refractivity contribution is 0.228. The average Bonchev–Trinajstić information content (AvgIpc) is 2.31. The van der Waals surface area contributed by atoms with E-state index in [2.05, 4.69) is 29.6 Å². The van der Waals surface area contributed by atoms with E-state index in [4.69, 9.17) is 4.74 Å². The van der Waals surface area contributed by atoms with Gasteiger partial charge in [0.2, 0.25) is 0 Å². The summed E-state index contributed by atoms with van der Waals surface area (Å²) >= 11 is 0. The van der Waals surface area contributed by atoms with Crippen molar-refractivity contribution in [1.29, 1.82) is 0 Å². The molecule has 2 heteroatoms. The average molecular weight is 165 g/mol. The summed E-state index contributed by atoms with van der Waals surface area (Å²) in [6.45, 7) is 0.696. The molecule has 0 bridgehead atoms. The van der Waals surface area contributed by atoms with Gasteiger partial charge in [-0.05, 0) is 18.1 Å². The smallest absolute Gasteiger partial charge is 0.0710 e. The number of hydrogen-bond acceptors (Lipinski definition) is 2. The normalized spacial score (nSPS) is 16.5. The number of nitrogens with one attached hydrogen (secondary N) is 1. The summed E-state index contributed by atoms with van der Waals surface area (Å²) in [5, 5.41) is 3.11. The molecule has 0 fully saturated rings. The van der Waals surface area contributed by atoms with Crippen LogP contribution in [0.25, 0.3) is 0 Å². The molecule has 0 radical (unpaired) electrons. The molecule has 66 valence electrons. The van der Waals surface area contributed by atoms with Gasteiger partial charge in [-0.3, -0.25) is 0 Å². The Hall–Kier alpha value is -1.02. The van der Waals surface area contributed by atoms with Gasteiger partial charge in [0.15, 0.2) is 0 Å². The van der Waals surface area contributed by atoms with Gasteiger partial charge >= 0.3 is 0 Å². The van der Waals surface area contributed by atoms with E-state index < -0.39 is 0 Å². The highest BCUT2D eigenvalue weighted by Gasteiger charge is 1.95. The Morgan fingerprint density at radius 1 is 1.42 bits per heavy atom. The van der Waals surface area contributed by atoms with Crippen molar-refractivity contribution in [2.45, 2.75) is 6.42 Å². The third-order valence-electron chi connectivity index (χ3n) is 1.79. The van der Waals surface area contributed by atoms with Gasteiger partial charge in [0, 0.05) is 19.9 Å². The number of likely N-dealkylation sites (N-methyl/N-ethyl adjacent to an activating group) is 1. The maximum absolute atomic E-state index is 5.04. The fourth-order valence-corrected chi connectivity index (χ4v) is 1.13. The lowest BCUT2D eigenvalue weighted by atomic mass is 10.2. The van der Waals surface area contributed by atoms with Crippen molar-refractivity contribution < 1.29 is 4.74 Å². The minimum absolute atomic E-state index is 0.696. The Labute approximate surface area is 73.6 Å². The van der Waals surface area contributed by atoms with E-state index >= 15 is 0 Å². The number of hydrogen-bond donors (Lipinski definition) is 1. The molecule has 0 aromatic carbocycles. The summed E-state index contributed by atoms with van der Waals surface area (Å²) in [6, 6.07) is 0. The standard InChI is InChI=1S/C10H15NO/c1-11-10-5-3-4-9(6-7-10)8-12-2/h4-7,11H,3,8H2,1-2H3. The molecule has 0 spiro atoms. The zero-order chi connectivity index (χ0) is 8.81. The van der Waals surface area contributed by atoms with Gasteiger partial charge in [-0.2, -0.15) is 0 Å². The molecule has 0 saturated carbocycles. The topological polar surface area (TPSA) is 21.3 Å². The van der Waals surface area contributed by atoms with Crippen LogP contribution in [0.4, 0.5) is 0 Å². The first kappa shape index (κ1) is 9.07. The fourth-order valence-electron chi connectivity index (χ4n) is 1.13. The van der Waals surface area contributed by atoms with E-state index in [0.717, 1.165) is 12.1 Å².